The van der Waals surface area contributed by atoms with E-state index in [0.717, 1.165) is 11.4 Å². The lowest BCUT2D eigenvalue weighted by atomic mass is 10.3. The lowest BCUT2D eigenvalue weighted by molar-refractivity contribution is 0.142. The van der Waals surface area contributed by atoms with E-state index in [2.05, 4.69) is 15.6 Å². The van der Waals surface area contributed by atoms with Gasteiger partial charge in [0.05, 0.1) is 23.8 Å². The summed E-state index contributed by atoms with van der Waals surface area (Å²) < 4.78 is 23.6. The summed E-state index contributed by atoms with van der Waals surface area (Å²) in [5, 5.41) is 5.78. The van der Waals surface area contributed by atoms with Crippen LogP contribution in [0.25, 0.3) is 0 Å². The van der Waals surface area contributed by atoms with Gasteiger partial charge in [-0.15, -0.1) is 0 Å². The molecule has 0 aliphatic carbocycles. The Labute approximate surface area is 81.5 Å². The van der Waals surface area contributed by atoms with Gasteiger partial charge in [0, 0.05) is 20.0 Å². The van der Waals surface area contributed by atoms with Gasteiger partial charge in [-0.25, -0.2) is 8.78 Å². The molecule has 1 aromatic heterocycles. The standard InChI is InChI=1S/C9H13F2N3/c1-12-7-4-8(6-13-5-7)14-3-2-9(10)11/h4-6,9,12,14H,2-3H2,1H3. The Hall–Kier alpha value is -1.39. The average molecular weight is 201 g/mol. The van der Waals surface area contributed by atoms with Crippen molar-refractivity contribution in [1.82, 2.24) is 4.98 Å². The lowest BCUT2D eigenvalue weighted by Crippen LogP contribution is -2.06. The third kappa shape index (κ3) is 3.55. The number of halogens is 2. The van der Waals surface area contributed by atoms with E-state index in [0.29, 0.717) is 0 Å². The topological polar surface area (TPSA) is 37.0 Å². The van der Waals surface area contributed by atoms with Gasteiger partial charge in [0.25, 0.3) is 0 Å². The van der Waals surface area contributed by atoms with E-state index in [1.54, 1.807) is 19.4 Å². The second kappa shape index (κ2) is 5.36. The van der Waals surface area contributed by atoms with E-state index in [-0.39, 0.29) is 13.0 Å². The Balaban J connectivity index is 2.42. The number of aromatic nitrogens is 1. The zero-order chi connectivity index (χ0) is 10.4. The highest BCUT2D eigenvalue weighted by atomic mass is 19.3. The highest BCUT2D eigenvalue weighted by Crippen LogP contribution is 2.12. The van der Waals surface area contributed by atoms with Gasteiger partial charge in [0.2, 0.25) is 6.43 Å². The molecule has 5 heteroatoms. The summed E-state index contributed by atoms with van der Waals surface area (Å²) in [6, 6.07) is 1.82. The first-order chi connectivity index (χ1) is 6.72. The summed E-state index contributed by atoms with van der Waals surface area (Å²) in [5.74, 6) is 0. The highest BCUT2D eigenvalue weighted by molar-refractivity contribution is 5.53. The summed E-state index contributed by atoms with van der Waals surface area (Å²) in [4.78, 5) is 3.94. The van der Waals surface area contributed by atoms with Crippen molar-refractivity contribution >= 4 is 11.4 Å². The number of anilines is 2. The SMILES string of the molecule is CNc1cncc(NCCC(F)F)c1. The first kappa shape index (κ1) is 10.7. The van der Waals surface area contributed by atoms with Crippen LogP contribution in [0, 0.1) is 0 Å². The van der Waals surface area contributed by atoms with E-state index < -0.39 is 6.43 Å². The second-order valence-corrected chi connectivity index (χ2v) is 2.82. The molecule has 0 saturated carbocycles. The summed E-state index contributed by atoms with van der Waals surface area (Å²) in [5.41, 5.74) is 1.60. The molecular formula is C9H13F2N3. The van der Waals surface area contributed by atoms with Gasteiger partial charge in [-0.1, -0.05) is 0 Å². The van der Waals surface area contributed by atoms with Crippen LogP contribution in [0.15, 0.2) is 18.5 Å². The number of rotatable bonds is 5. The fraction of sp³-hybridized carbons (Fsp3) is 0.444. The van der Waals surface area contributed by atoms with Crippen LogP contribution in [0.5, 0.6) is 0 Å². The van der Waals surface area contributed by atoms with E-state index in [1.807, 2.05) is 6.07 Å². The van der Waals surface area contributed by atoms with Crippen LogP contribution in [-0.2, 0) is 0 Å². The number of hydrogen-bond donors (Lipinski definition) is 2. The molecule has 0 atom stereocenters. The molecule has 3 nitrogen and oxygen atoms in total. The minimum absolute atomic E-state index is 0.149. The largest absolute Gasteiger partial charge is 0.387 e. The Morgan fingerprint density at radius 1 is 1.36 bits per heavy atom. The Kier molecular flexibility index (Phi) is 4.10. The zero-order valence-corrected chi connectivity index (χ0v) is 7.93. The maximum absolute atomic E-state index is 11.8. The fourth-order valence-electron chi connectivity index (χ4n) is 0.999. The van der Waals surface area contributed by atoms with Gasteiger partial charge >= 0.3 is 0 Å². The van der Waals surface area contributed by atoms with Crippen molar-refractivity contribution in [1.29, 1.82) is 0 Å². The summed E-state index contributed by atoms with van der Waals surface area (Å²) >= 11 is 0. The molecule has 2 N–H and O–H groups in total. The Bertz CT molecular complexity index is 279. The molecule has 0 bridgehead atoms. The van der Waals surface area contributed by atoms with Crippen molar-refractivity contribution in [3.8, 4) is 0 Å². The molecule has 0 aliphatic rings. The maximum atomic E-state index is 11.8. The molecule has 0 fully saturated rings. The fourth-order valence-corrected chi connectivity index (χ4v) is 0.999. The number of hydrogen-bond acceptors (Lipinski definition) is 3. The van der Waals surface area contributed by atoms with Crippen molar-refractivity contribution in [3.05, 3.63) is 18.5 Å². The monoisotopic (exact) mass is 201 g/mol. The van der Waals surface area contributed by atoms with Gasteiger partial charge in [-0.2, -0.15) is 0 Å². The zero-order valence-electron chi connectivity index (χ0n) is 7.93. The van der Waals surface area contributed by atoms with Gasteiger partial charge in [-0.3, -0.25) is 4.98 Å². The van der Waals surface area contributed by atoms with Crippen molar-refractivity contribution < 1.29 is 8.78 Å². The maximum Gasteiger partial charge on any atom is 0.240 e. The molecule has 0 saturated heterocycles. The normalized spacial score (nSPS) is 10.3. The molecule has 0 unspecified atom stereocenters. The lowest BCUT2D eigenvalue weighted by Gasteiger charge is -2.06. The van der Waals surface area contributed by atoms with E-state index in [4.69, 9.17) is 0 Å². The van der Waals surface area contributed by atoms with Crippen molar-refractivity contribution in [2.75, 3.05) is 24.2 Å². The first-order valence-corrected chi connectivity index (χ1v) is 4.37. The number of nitrogens with one attached hydrogen (secondary N) is 2. The highest BCUT2D eigenvalue weighted by Gasteiger charge is 2.01. The smallest absolute Gasteiger partial charge is 0.240 e. The molecule has 0 amide bonds. The van der Waals surface area contributed by atoms with Gasteiger partial charge in [0.15, 0.2) is 0 Å². The minimum atomic E-state index is -2.26. The summed E-state index contributed by atoms with van der Waals surface area (Å²) in [7, 11) is 1.78. The number of nitrogens with zero attached hydrogens (tertiary/aromatic N) is 1. The Morgan fingerprint density at radius 2 is 2.07 bits per heavy atom. The molecule has 1 aromatic rings. The number of alkyl halides is 2. The summed E-state index contributed by atoms with van der Waals surface area (Å²) in [6.07, 6.45) is 0.858. The predicted molar refractivity (Wildman–Crippen MR) is 52.9 cm³/mol. The van der Waals surface area contributed by atoms with Crippen LogP contribution in [-0.4, -0.2) is 25.0 Å². The summed E-state index contributed by atoms with van der Waals surface area (Å²) in [6.45, 7) is 0.256. The predicted octanol–water partition coefficient (Wildman–Crippen LogP) is 2.19. The molecule has 1 rings (SSSR count). The van der Waals surface area contributed by atoms with Crippen LogP contribution in [0.2, 0.25) is 0 Å². The van der Waals surface area contributed by atoms with Crippen LogP contribution >= 0.6 is 0 Å². The van der Waals surface area contributed by atoms with Crippen LogP contribution in [0.3, 0.4) is 0 Å². The second-order valence-electron chi connectivity index (χ2n) is 2.82. The van der Waals surface area contributed by atoms with Gasteiger partial charge in [0.1, 0.15) is 0 Å². The van der Waals surface area contributed by atoms with E-state index >= 15 is 0 Å². The van der Waals surface area contributed by atoms with Crippen molar-refractivity contribution in [3.63, 3.8) is 0 Å². The van der Waals surface area contributed by atoms with E-state index in [9.17, 15) is 8.78 Å². The molecule has 14 heavy (non-hydrogen) atoms. The third-order valence-corrected chi connectivity index (χ3v) is 1.72. The molecule has 0 spiro atoms. The van der Waals surface area contributed by atoms with Crippen LogP contribution < -0.4 is 10.6 Å². The quantitative estimate of drug-likeness (QED) is 0.766. The molecule has 0 aliphatic heterocycles. The van der Waals surface area contributed by atoms with E-state index in [1.165, 1.54) is 0 Å². The minimum Gasteiger partial charge on any atom is -0.387 e. The molecular weight excluding hydrogens is 188 g/mol. The molecule has 78 valence electrons. The molecule has 0 aromatic carbocycles. The molecule has 0 radical (unpaired) electrons. The van der Waals surface area contributed by atoms with Gasteiger partial charge < -0.3 is 10.6 Å². The van der Waals surface area contributed by atoms with Crippen LogP contribution in [0.4, 0.5) is 20.2 Å². The van der Waals surface area contributed by atoms with Crippen LogP contribution in [0.1, 0.15) is 6.42 Å². The molecule has 1 heterocycles. The first-order valence-electron chi connectivity index (χ1n) is 4.37. The Morgan fingerprint density at radius 3 is 2.71 bits per heavy atom. The van der Waals surface area contributed by atoms with Crippen molar-refractivity contribution in [2.24, 2.45) is 0 Å². The third-order valence-electron chi connectivity index (χ3n) is 1.72. The number of pyridine rings is 1. The van der Waals surface area contributed by atoms with Crippen molar-refractivity contribution in [2.45, 2.75) is 12.8 Å². The van der Waals surface area contributed by atoms with Gasteiger partial charge in [-0.05, 0) is 6.07 Å². The average Bonchev–Trinajstić information content (AvgIpc) is 2.18.